The van der Waals surface area contributed by atoms with Crippen LogP contribution in [0.25, 0.3) is 0 Å². The Morgan fingerprint density at radius 2 is 1.95 bits per heavy atom. The highest BCUT2D eigenvalue weighted by Gasteiger charge is 2.12. The summed E-state index contributed by atoms with van der Waals surface area (Å²) in [5.74, 6) is 5.15. The van der Waals surface area contributed by atoms with Gasteiger partial charge in [0.1, 0.15) is 0 Å². The summed E-state index contributed by atoms with van der Waals surface area (Å²) in [6.07, 6.45) is 0.179. The number of nitrogens with two attached hydrogens (primary N) is 1. The summed E-state index contributed by atoms with van der Waals surface area (Å²) in [6.45, 7) is 0.622. The fourth-order valence-electron chi connectivity index (χ4n) is 1.53. The van der Waals surface area contributed by atoms with Crippen LogP contribution in [0.4, 0.5) is 0 Å². The zero-order valence-corrected chi connectivity index (χ0v) is 11.7. The summed E-state index contributed by atoms with van der Waals surface area (Å²) in [7, 11) is 2.97. The molecule has 0 aliphatic heterocycles. The van der Waals surface area contributed by atoms with Crippen molar-refractivity contribution in [3.8, 4) is 11.8 Å². The van der Waals surface area contributed by atoms with Crippen LogP contribution in [0.15, 0.2) is 24.3 Å². The van der Waals surface area contributed by atoms with E-state index >= 15 is 0 Å². The van der Waals surface area contributed by atoms with E-state index in [0.717, 1.165) is 5.56 Å². The lowest BCUT2D eigenvalue weighted by molar-refractivity contribution is -0.140. The molecule has 5 heteroatoms. The first-order valence-electron chi connectivity index (χ1n) is 6.19. The zero-order valence-electron chi connectivity index (χ0n) is 11.7. The molecule has 20 heavy (non-hydrogen) atoms. The van der Waals surface area contributed by atoms with Crippen molar-refractivity contribution >= 4 is 11.9 Å². The molecule has 0 aliphatic carbocycles. The molecule has 0 aliphatic rings. The lowest BCUT2D eigenvalue weighted by Crippen LogP contribution is -2.29. The number of benzene rings is 1. The van der Waals surface area contributed by atoms with Crippen LogP contribution in [0.3, 0.4) is 0 Å². The number of carbonyl (C=O) groups is 2. The van der Waals surface area contributed by atoms with Crippen molar-refractivity contribution in [3.63, 3.8) is 0 Å². The maximum absolute atomic E-state index is 12.1. The third-order valence-corrected chi connectivity index (χ3v) is 2.69. The summed E-state index contributed by atoms with van der Waals surface area (Å²) < 4.78 is 4.54. The predicted molar refractivity (Wildman–Crippen MR) is 76.0 cm³/mol. The number of hydrogen-bond acceptors (Lipinski definition) is 4. The van der Waals surface area contributed by atoms with Crippen LogP contribution in [0, 0.1) is 11.8 Å². The SMILES string of the molecule is COC(=O)CCN(C)C(=O)c1ccc(C#CCN)cc1. The Kier molecular flexibility index (Phi) is 6.27. The molecule has 0 radical (unpaired) electrons. The van der Waals surface area contributed by atoms with Crippen LogP contribution in [0.5, 0.6) is 0 Å². The van der Waals surface area contributed by atoms with E-state index in [1.54, 1.807) is 31.3 Å². The van der Waals surface area contributed by atoms with Gasteiger partial charge in [-0.1, -0.05) is 11.8 Å². The van der Waals surface area contributed by atoms with Gasteiger partial charge in [-0.15, -0.1) is 0 Å². The van der Waals surface area contributed by atoms with Crippen LogP contribution in [-0.4, -0.2) is 44.0 Å². The number of methoxy groups -OCH3 is 1. The third kappa shape index (κ3) is 4.75. The van der Waals surface area contributed by atoms with Gasteiger partial charge >= 0.3 is 5.97 Å². The Labute approximate surface area is 118 Å². The molecule has 2 N–H and O–H groups in total. The summed E-state index contributed by atoms with van der Waals surface area (Å²) in [6, 6.07) is 6.95. The molecule has 1 aromatic rings. The number of carbonyl (C=O) groups excluding carboxylic acids is 2. The monoisotopic (exact) mass is 274 g/mol. The topological polar surface area (TPSA) is 72.6 Å². The van der Waals surface area contributed by atoms with Crippen molar-refractivity contribution in [3.05, 3.63) is 35.4 Å². The number of nitrogens with zero attached hydrogens (tertiary/aromatic N) is 1. The second-order valence-corrected chi connectivity index (χ2v) is 4.14. The molecule has 0 unspecified atom stereocenters. The van der Waals surface area contributed by atoms with Gasteiger partial charge in [0, 0.05) is 24.7 Å². The van der Waals surface area contributed by atoms with Crippen molar-refractivity contribution in [2.45, 2.75) is 6.42 Å². The average Bonchev–Trinajstić information content (AvgIpc) is 2.49. The fraction of sp³-hybridized carbons (Fsp3) is 0.333. The van der Waals surface area contributed by atoms with Gasteiger partial charge in [-0.2, -0.15) is 0 Å². The fourth-order valence-corrected chi connectivity index (χ4v) is 1.53. The smallest absolute Gasteiger partial charge is 0.307 e. The van der Waals surface area contributed by atoms with Crippen LogP contribution < -0.4 is 5.73 Å². The third-order valence-electron chi connectivity index (χ3n) is 2.69. The molecule has 106 valence electrons. The Hall–Kier alpha value is -2.32. The van der Waals surface area contributed by atoms with Gasteiger partial charge in [-0.05, 0) is 24.3 Å². The van der Waals surface area contributed by atoms with E-state index in [9.17, 15) is 9.59 Å². The average molecular weight is 274 g/mol. The van der Waals surface area contributed by atoms with Gasteiger partial charge in [0.15, 0.2) is 0 Å². The lowest BCUT2D eigenvalue weighted by atomic mass is 10.1. The predicted octanol–water partition coefficient (Wildman–Crippen LogP) is 0.632. The van der Waals surface area contributed by atoms with Crippen molar-refractivity contribution < 1.29 is 14.3 Å². The molecule has 0 atom stereocenters. The molecular formula is C15H18N2O3. The molecule has 0 fully saturated rings. The van der Waals surface area contributed by atoms with E-state index in [1.807, 2.05) is 0 Å². The maximum Gasteiger partial charge on any atom is 0.307 e. The van der Waals surface area contributed by atoms with Gasteiger partial charge in [0.25, 0.3) is 5.91 Å². The minimum atomic E-state index is -0.336. The number of amides is 1. The van der Waals surface area contributed by atoms with Gasteiger partial charge in [0.05, 0.1) is 20.1 Å². The quantitative estimate of drug-likeness (QED) is 0.645. The van der Waals surface area contributed by atoms with E-state index in [4.69, 9.17) is 5.73 Å². The van der Waals surface area contributed by atoms with Gasteiger partial charge in [0.2, 0.25) is 0 Å². The van der Waals surface area contributed by atoms with E-state index in [1.165, 1.54) is 12.0 Å². The normalized spacial score (nSPS) is 9.35. The summed E-state index contributed by atoms with van der Waals surface area (Å²) in [5.41, 5.74) is 6.65. The summed E-state index contributed by atoms with van der Waals surface area (Å²) in [5, 5.41) is 0. The Morgan fingerprint density at radius 3 is 2.50 bits per heavy atom. The van der Waals surface area contributed by atoms with Crippen LogP contribution >= 0.6 is 0 Å². The Bertz CT molecular complexity index is 526. The Balaban J connectivity index is 2.65. The molecule has 0 bridgehead atoms. The minimum absolute atomic E-state index is 0.146. The molecule has 0 saturated heterocycles. The van der Waals surface area contributed by atoms with E-state index in [0.29, 0.717) is 18.7 Å². The molecular weight excluding hydrogens is 256 g/mol. The molecule has 1 aromatic carbocycles. The van der Waals surface area contributed by atoms with Crippen LogP contribution in [-0.2, 0) is 9.53 Å². The largest absolute Gasteiger partial charge is 0.469 e. The van der Waals surface area contributed by atoms with E-state index < -0.39 is 0 Å². The van der Waals surface area contributed by atoms with E-state index in [-0.39, 0.29) is 18.3 Å². The van der Waals surface area contributed by atoms with Gasteiger partial charge in [-0.25, -0.2) is 0 Å². The van der Waals surface area contributed by atoms with Crippen molar-refractivity contribution in [2.75, 3.05) is 27.2 Å². The van der Waals surface area contributed by atoms with Crippen LogP contribution in [0.2, 0.25) is 0 Å². The van der Waals surface area contributed by atoms with Crippen molar-refractivity contribution in [1.29, 1.82) is 0 Å². The summed E-state index contributed by atoms with van der Waals surface area (Å²) >= 11 is 0. The Morgan fingerprint density at radius 1 is 1.30 bits per heavy atom. The highest BCUT2D eigenvalue weighted by atomic mass is 16.5. The van der Waals surface area contributed by atoms with Gasteiger partial charge in [-0.3, -0.25) is 9.59 Å². The molecule has 0 heterocycles. The van der Waals surface area contributed by atoms with Crippen LogP contribution in [0.1, 0.15) is 22.3 Å². The summed E-state index contributed by atoms with van der Waals surface area (Å²) in [4.78, 5) is 24.6. The molecule has 0 saturated carbocycles. The lowest BCUT2D eigenvalue weighted by Gasteiger charge is -2.16. The number of hydrogen-bond donors (Lipinski definition) is 1. The number of esters is 1. The second-order valence-electron chi connectivity index (χ2n) is 4.14. The first-order chi connectivity index (χ1) is 9.58. The first-order valence-corrected chi connectivity index (χ1v) is 6.19. The number of rotatable bonds is 4. The zero-order chi connectivity index (χ0) is 15.0. The molecule has 1 rings (SSSR count). The number of ether oxygens (including phenoxy) is 1. The molecule has 0 aromatic heterocycles. The first kappa shape index (κ1) is 15.7. The van der Waals surface area contributed by atoms with Crippen molar-refractivity contribution in [2.24, 2.45) is 5.73 Å². The molecule has 5 nitrogen and oxygen atoms in total. The highest BCUT2D eigenvalue weighted by molar-refractivity contribution is 5.94. The minimum Gasteiger partial charge on any atom is -0.469 e. The maximum atomic E-state index is 12.1. The van der Waals surface area contributed by atoms with Gasteiger partial charge < -0.3 is 15.4 Å². The second kappa shape index (κ2) is 7.97. The van der Waals surface area contributed by atoms with Crippen molar-refractivity contribution in [1.82, 2.24) is 4.90 Å². The molecule has 0 spiro atoms. The molecule has 1 amide bonds. The standard InChI is InChI=1S/C15H18N2O3/c1-17(11-9-14(18)20-2)15(19)13-7-5-12(6-8-13)4-3-10-16/h5-8H,9-11,16H2,1-2H3. The highest BCUT2D eigenvalue weighted by Crippen LogP contribution is 2.07. The van der Waals surface area contributed by atoms with E-state index in [2.05, 4.69) is 16.6 Å².